The number of benzene rings is 1. The average molecular weight is 386 g/mol. The van der Waals surface area contributed by atoms with Crippen LogP contribution in [0.15, 0.2) is 40.2 Å². The molecule has 0 bridgehead atoms. The molecular weight excluding hydrogens is 368 g/mol. The standard InChI is InChI=1S/C19H18N2O5S/c1-4-25-19(22)14(11-13-6-5-9-27-13)18-20-17(21-26-18)12-7-8-15(23-2)16(10-12)24-3/h5-11H,4H2,1-3H3/b14-11-. The molecule has 0 unspecified atom stereocenters. The van der Waals surface area contributed by atoms with E-state index in [-0.39, 0.29) is 18.1 Å². The number of thiophene rings is 1. The van der Waals surface area contributed by atoms with Gasteiger partial charge in [0.25, 0.3) is 5.89 Å². The fraction of sp³-hybridized carbons (Fsp3) is 0.211. The van der Waals surface area contributed by atoms with Crippen molar-refractivity contribution in [3.8, 4) is 22.9 Å². The Morgan fingerprint density at radius 1 is 1.22 bits per heavy atom. The van der Waals surface area contributed by atoms with Crippen molar-refractivity contribution in [3.63, 3.8) is 0 Å². The Balaban J connectivity index is 1.98. The topological polar surface area (TPSA) is 83.7 Å². The first-order chi connectivity index (χ1) is 13.2. The lowest BCUT2D eigenvalue weighted by atomic mass is 10.2. The van der Waals surface area contributed by atoms with Crippen molar-refractivity contribution in [2.75, 3.05) is 20.8 Å². The smallest absolute Gasteiger partial charge is 0.343 e. The number of esters is 1. The highest BCUT2D eigenvalue weighted by atomic mass is 32.1. The summed E-state index contributed by atoms with van der Waals surface area (Å²) in [6, 6.07) is 9.04. The minimum Gasteiger partial charge on any atom is -0.493 e. The van der Waals surface area contributed by atoms with Crippen LogP contribution in [0.25, 0.3) is 23.0 Å². The number of aromatic nitrogens is 2. The van der Waals surface area contributed by atoms with Crippen molar-refractivity contribution in [1.82, 2.24) is 10.1 Å². The minimum absolute atomic E-state index is 0.0895. The van der Waals surface area contributed by atoms with Gasteiger partial charge in [-0.25, -0.2) is 4.79 Å². The fourth-order valence-electron chi connectivity index (χ4n) is 2.36. The highest BCUT2D eigenvalue weighted by Crippen LogP contribution is 2.32. The van der Waals surface area contributed by atoms with Crippen LogP contribution in [0.3, 0.4) is 0 Å². The fourth-order valence-corrected chi connectivity index (χ4v) is 3.02. The Morgan fingerprint density at radius 2 is 2.04 bits per heavy atom. The highest BCUT2D eigenvalue weighted by Gasteiger charge is 2.21. The van der Waals surface area contributed by atoms with Gasteiger partial charge in [0.2, 0.25) is 5.82 Å². The lowest BCUT2D eigenvalue weighted by molar-refractivity contribution is -0.136. The van der Waals surface area contributed by atoms with Crippen LogP contribution in [0.1, 0.15) is 17.7 Å². The molecule has 0 aliphatic carbocycles. The van der Waals surface area contributed by atoms with Gasteiger partial charge in [0.15, 0.2) is 11.5 Å². The molecule has 7 nitrogen and oxygen atoms in total. The zero-order chi connectivity index (χ0) is 19.2. The van der Waals surface area contributed by atoms with Gasteiger partial charge in [-0.05, 0) is 42.6 Å². The average Bonchev–Trinajstić information content (AvgIpc) is 3.37. The van der Waals surface area contributed by atoms with Crippen molar-refractivity contribution in [1.29, 1.82) is 0 Å². The number of ether oxygens (including phenoxy) is 3. The number of hydrogen-bond acceptors (Lipinski definition) is 8. The van der Waals surface area contributed by atoms with E-state index in [0.29, 0.717) is 22.9 Å². The molecule has 0 atom stereocenters. The largest absolute Gasteiger partial charge is 0.493 e. The maximum atomic E-state index is 12.3. The second-order valence-electron chi connectivity index (χ2n) is 5.29. The van der Waals surface area contributed by atoms with Crippen LogP contribution in [-0.4, -0.2) is 36.9 Å². The van der Waals surface area contributed by atoms with Gasteiger partial charge in [0.1, 0.15) is 5.57 Å². The molecule has 3 rings (SSSR count). The molecule has 0 amide bonds. The van der Waals surface area contributed by atoms with Crippen molar-refractivity contribution >= 4 is 29.0 Å². The molecule has 0 spiro atoms. The van der Waals surface area contributed by atoms with Crippen LogP contribution in [0, 0.1) is 0 Å². The van der Waals surface area contributed by atoms with E-state index in [1.807, 2.05) is 17.5 Å². The first-order valence-electron chi connectivity index (χ1n) is 8.15. The Morgan fingerprint density at radius 3 is 2.70 bits per heavy atom. The molecule has 0 radical (unpaired) electrons. The van der Waals surface area contributed by atoms with Crippen LogP contribution in [0.4, 0.5) is 0 Å². The molecule has 3 aromatic rings. The first kappa shape index (κ1) is 18.7. The summed E-state index contributed by atoms with van der Waals surface area (Å²) in [6.07, 6.45) is 1.68. The maximum Gasteiger partial charge on any atom is 0.343 e. The molecule has 0 fully saturated rings. The van der Waals surface area contributed by atoms with Crippen molar-refractivity contribution in [3.05, 3.63) is 46.5 Å². The zero-order valence-electron chi connectivity index (χ0n) is 15.1. The number of hydrogen-bond donors (Lipinski definition) is 0. The predicted molar refractivity (Wildman–Crippen MR) is 102 cm³/mol. The number of methoxy groups -OCH3 is 2. The lowest BCUT2D eigenvalue weighted by Gasteiger charge is -2.07. The van der Waals surface area contributed by atoms with Gasteiger partial charge in [-0.3, -0.25) is 0 Å². The van der Waals surface area contributed by atoms with E-state index in [2.05, 4.69) is 10.1 Å². The third-order valence-corrected chi connectivity index (χ3v) is 4.44. The number of nitrogens with zero attached hydrogens (tertiary/aromatic N) is 2. The van der Waals surface area contributed by atoms with Gasteiger partial charge in [-0.15, -0.1) is 11.3 Å². The molecule has 0 aliphatic heterocycles. The van der Waals surface area contributed by atoms with Gasteiger partial charge in [0, 0.05) is 10.4 Å². The summed E-state index contributed by atoms with van der Waals surface area (Å²) in [5.41, 5.74) is 0.875. The number of rotatable bonds is 7. The Hall–Kier alpha value is -3.13. The third kappa shape index (κ3) is 4.17. The van der Waals surface area contributed by atoms with Crippen LogP contribution in [0.5, 0.6) is 11.5 Å². The van der Waals surface area contributed by atoms with E-state index >= 15 is 0 Å². The molecule has 0 N–H and O–H groups in total. The lowest BCUT2D eigenvalue weighted by Crippen LogP contribution is -2.07. The van der Waals surface area contributed by atoms with Gasteiger partial charge >= 0.3 is 5.97 Å². The highest BCUT2D eigenvalue weighted by molar-refractivity contribution is 7.10. The first-order valence-corrected chi connectivity index (χ1v) is 9.03. The van der Waals surface area contributed by atoms with Crippen molar-refractivity contribution < 1.29 is 23.5 Å². The van der Waals surface area contributed by atoms with E-state index in [9.17, 15) is 4.79 Å². The van der Waals surface area contributed by atoms with Crippen LogP contribution in [0.2, 0.25) is 0 Å². The van der Waals surface area contributed by atoms with E-state index in [1.54, 1.807) is 45.4 Å². The number of carbonyl (C=O) groups excluding carboxylic acids is 1. The van der Waals surface area contributed by atoms with Crippen LogP contribution < -0.4 is 9.47 Å². The molecule has 0 saturated carbocycles. The third-order valence-electron chi connectivity index (χ3n) is 3.62. The number of carbonyl (C=O) groups is 1. The van der Waals surface area contributed by atoms with Gasteiger partial charge < -0.3 is 18.7 Å². The molecule has 0 saturated heterocycles. The van der Waals surface area contributed by atoms with Crippen molar-refractivity contribution in [2.24, 2.45) is 0 Å². The van der Waals surface area contributed by atoms with Crippen LogP contribution in [-0.2, 0) is 9.53 Å². The van der Waals surface area contributed by atoms with Gasteiger partial charge in [-0.2, -0.15) is 4.98 Å². The molecule has 27 heavy (non-hydrogen) atoms. The maximum absolute atomic E-state index is 12.3. The van der Waals surface area contributed by atoms with Gasteiger partial charge in [0.05, 0.1) is 20.8 Å². The Bertz CT molecular complexity index is 947. The second-order valence-corrected chi connectivity index (χ2v) is 6.27. The second kappa shape index (κ2) is 8.50. The Kier molecular flexibility index (Phi) is 5.87. The molecular formula is C19H18N2O5S. The zero-order valence-corrected chi connectivity index (χ0v) is 15.9. The Labute approximate surface area is 160 Å². The van der Waals surface area contributed by atoms with E-state index in [4.69, 9.17) is 18.7 Å². The van der Waals surface area contributed by atoms with Crippen molar-refractivity contribution in [2.45, 2.75) is 6.92 Å². The predicted octanol–water partition coefficient (Wildman–Crippen LogP) is 3.92. The van der Waals surface area contributed by atoms with E-state index in [1.165, 1.54) is 11.3 Å². The summed E-state index contributed by atoms with van der Waals surface area (Å²) in [7, 11) is 3.11. The summed E-state index contributed by atoms with van der Waals surface area (Å²) in [5.74, 6) is 1.03. The molecule has 2 heterocycles. The molecule has 0 aliphatic rings. The minimum atomic E-state index is -0.520. The summed E-state index contributed by atoms with van der Waals surface area (Å²) in [4.78, 5) is 17.6. The van der Waals surface area contributed by atoms with E-state index < -0.39 is 5.97 Å². The molecule has 8 heteroatoms. The van der Waals surface area contributed by atoms with Crippen LogP contribution >= 0.6 is 11.3 Å². The molecule has 2 aromatic heterocycles. The van der Waals surface area contributed by atoms with E-state index in [0.717, 1.165) is 4.88 Å². The monoisotopic (exact) mass is 386 g/mol. The molecule has 1 aromatic carbocycles. The molecule has 140 valence electrons. The summed E-state index contributed by atoms with van der Waals surface area (Å²) < 4.78 is 21.0. The quantitative estimate of drug-likeness (QED) is 0.449. The summed E-state index contributed by atoms with van der Waals surface area (Å²) in [5, 5.41) is 5.90. The summed E-state index contributed by atoms with van der Waals surface area (Å²) >= 11 is 1.49. The normalized spacial score (nSPS) is 11.3. The SMILES string of the molecule is CCOC(=O)/C(=C\c1cccs1)c1nc(-c2ccc(OC)c(OC)c2)no1. The van der Waals surface area contributed by atoms with Gasteiger partial charge in [-0.1, -0.05) is 11.2 Å². The summed E-state index contributed by atoms with van der Waals surface area (Å²) in [6.45, 7) is 1.99.